The number of carbonyl (C=O) groups excluding carboxylic acids is 2. The van der Waals surface area contributed by atoms with Crippen LogP contribution in [0.25, 0.3) is 0 Å². The number of halogens is 4. The molecule has 0 radical (unpaired) electrons. The summed E-state index contributed by atoms with van der Waals surface area (Å²) in [5.74, 6) is -2.51. The fourth-order valence-corrected chi connectivity index (χ4v) is 3.71. The number of azo groups is 1. The highest BCUT2D eigenvalue weighted by atomic mass is 79.9. The molecule has 0 spiro atoms. The van der Waals surface area contributed by atoms with Gasteiger partial charge >= 0.3 is 6.18 Å². The van der Waals surface area contributed by atoms with Crippen LogP contribution < -0.4 is 5.56 Å². The van der Waals surface area contributed by atoms with Gasteiger partial charge in [-0.25, -0.2) is 0 Å². The quantitative estimate of drug-likeness (QED) is 0.466. The first-order valence-corrected chi connectivity index (χ1v) is 10.1. The summed E-state index contributed by atoms with van der Waals surface area (Å²) in [6, 6.07) is 3.96. The van der Waals surface area contributed by atoms with E-state index in [1.165, 1.54) is 18.2 Å². The van der Waals surface area contributed by atoms with Gasteiger partial charge in [0.2, 0.25) is 5.88 Å². The van der Waals surface area contributed by atoms with E-state index in [1.54, 1.807) is 13.8 Å². The summed E-state index contributed by atoms with van der Waals surface area (Å²) < 4.78 is 41.6. The van der Waals surface area contributed by atoms with Crippen LogP contribution in [0.3, 0.4) is 0 Å². The van der Waals surface area contributed by atoms with E-state index in [0.29, 0.717) is 4.57 Å². The Balaban J connectivity index is 2.26. The third kappa shape index (κ3) is 4.02. The smallest absolute Gasteiger partial charge is 0.420 e. The van der Waals surface area contributed by atoms with Crippen molar-refractivity contribution in [1.29, 1.82) is 5.26 Å². The molecule has 1 aromatic carbocycles. The second kappa shape index (κ2) is 8.43. The third-order valence-electron chi connectivity index (χ3n) is 4.79. The van der Waals surface area contributed by atoms with Crippen molar-refractivity contribution < 1.29 is 27.9 Å². The summed E-state index contributed by atoms with van der Waals surface area (Å²) in [5, 5.41) is 26.1. The molecule has 0 saturated carbocycles. The summed E-state index contributed by atoms with van der Waals surface area (Å²) in [5.41, 5.74) is -6.02. The summed E-state index contributed by atoms with van der Waals surface area (Å²) in [6.07, 6.45) is -5.22. The number of fused-ring (bicyclic) bond motifs is 1. The number of pyridine rings is 1. The lowest BCUT2D eigenvalue weighted by Crippen LogP contribution is -2.33. The van der Waals surface area contributed by atoms with Crippen molar-refractivity contribution in [2.24, 2.45) is 23.2 Å². The Hall–Kier alpha value is -3.53. The standard InChI is InChI=1S/C20H15BrF3N5O4/c1-8(2)7-29-17(31)9-4-5-11(21)14(12(9)18(29)32)26-27-15-13(20(22,23)24)10(6-25)16(30)28(3)19(15)33/h4-5,8,30H,7H2,1-3H3. The maximum absolute atomic E-state index is 13.7. The second-order valence-electron chi connectivity index (χ2n) is 7.53. The van der Waals surface area contributed by atoms with Crippen LogP contribution in [-0.4, -0.2) is 32.9 Å². The Kier molecular flexibility index (Phi) is 6.16. The van der Waals surface area contributed by atoms with Crippen molar-refractivity contribution in [2.75, 3.05) is 6.54 Å². The maximum atomic E-state index is 13.7. The monoisotopic (exact) mass is 525 g/mol. The van der Waals surface area contributed by atoms with Crippen LogP contribution in [0.4, 0.5) is 24.5 Å². The number of hydrogen-bond donors (Lipinski definition) is 1. The molecule has 172 valence electrons. The van der Waals surface area contributed by atoms with Gasteiger partial charge in [-0.15, -0.1) is 10.2 Å². The minimum absolute atomic E-state index is 0.00910. The lowest BCUT2D eigenvalue weighted by molar-refractivity contribution is -0.137. The average molecular weight is 526 g/mol. The number of hydrogen-bond acceptors (Lipinski definition) is 7. The highest BCUT2D eigenvalue weighted by molar-refractivity contribution is 9.10. The highest BCUT2D eigenvalue weighted by Gasteiger charge is 2.41. The number of carbonyl (C=O) groups is 2. The normalized spacial score (nSPS) is 13.8. The number of alkyl halides is 3. The number of nitrogens with zero attached hydrogens (tertiary/aromatic N) is 5. The number of aromatic nitrogens is 1. The van der Waals surface area contributed by atoms with Gasteiger partial charge in [0, 0.05) is 18.1 Å². The molecular formula is C20H15BrF3N5O4. The van der Waals surface area contributed by atoms with Crippen LogP contribution in [0.5, 0.6) is 5.88 Å². The lowest BCUT2D eigenvalue weighted by Gasteiger charge is -2.16. The Morgan fingerprint density at radius 1 is 1.15 bits per heavy atom. The Bertz CT molecular complexity index is 1330. The van der Waals surface area contributed by atoms with Crippen molar-refractivity contribution in [3.63, 3.8) is 0 Å². The molecule has 0 aliphatic carbocycles. The topological polar surface area (TPSA) is 128 Å². The van der Waals surface area contributed by atoms with Crippen molar-refractivity contribution in [1.82, 2.24) is 9.47 Å². The van der Waals surface area contributed by atoms with E-state index >= 15 is 0 Å². The third-order valence-corrected chi connectivity index (χ3v) is 5.43. The van der Waals surface area contributed by atoms with Crippen LogP contribution in [0.1, 0.15) is 45.7 Å². The van der Waals surface area contributed by atoms with Gasteiger partial charge in [-0.2, -0.15) is 18.4 Å². The van der Waals surface area contributed by atoms with Crippen molar-refractivity contribution in [3.05, 3.63) is 49.2 Å². The Morgan fingerprint density at radius 2 is 1.76 bits per heavy atom. The number of imide groups is 1. The summed E-state index contributed by atoms with van der Waals surface area (Å²) >= 11 is 3.14. The molecule has 1 aliphatic heterocycles. The molecule has 0 atom stereocenters. The van der Waals surface area contributed by atoms with Gasteiger partial charge in [0.1, 0.15) is 22.9 Å². The Morgan fingerprint density at radius 3 is 2.30 bits per heavy atom. The molecule has 13 heteroatoms. The molecule has 0 bridgehead atoms. The van der Waals surface area contributed by atoms with Gasteiger partial charge < -0.3 is 5.11 Å². The predicted octanol–water partition coefficient (Wildman–Crippen LogP) is 4.41. The van der Waals surface area contributed by atoms with Crippen molar-refractivity contribution >= 4 is 39.1 Å². The van der Waals surface area contributed by atoms with Gasteiger partial charge in [-0.05, 0) is 34.0 Å². The fourth-order valence-electron chi connectivity index (χ4n) is 3.30. The van der Waals surface area contributed by atoms with Crippen LogP contribution in [0.2, 0.25) is 0 Å². The van der Waals surface area contributed by atoms with E-state index in [2.05, 4.69) is 26.2 Å². The van der Waals surface area contributed by atoms with Gasteiger partial charge in [-0.3, -0.25) is 23.9 Å². The largest absolute Gasteiger partial charge is 0.493 e. The van der Waals surface area contributed by atoms with Crippen molar-refractivity contribution in [3.8, 4) is 11.9 Å². The van der Waals surface area contributed by atoms with E-state index in [1.807, 2.05) is 0 Å². The number of rotatable bonds is 4. The summed E-state index contributed by atoms with van der Waals surface area (Å²) in [6.45, 7) is 3.71. The maximum Gasteiger partial charge on any atom is 0.420 e. The fraction of sp³-hybridized carbons (Fsp3) is 0.300. The molecule has 3 rings (SSSR count). The van der Waals surface area contributed by atoms with Crippen LogP contribution in [0, 0.1) is 17.2 Å². The number of amides is 2. The molecule has 1 aliphatic rings. The first-order valence-electron chi connectivity index (χ1n) is 9.34. The molecule has 1 N–H and O–H groups in total. The second-order valence-corrected chi connectivity index (χ2v) is 8.38. The molecule has 0 unspecified atom stereocenters. The SMILES string of the molecule is CC(C)CN1C(=O)c2ccc(Br)c(N=Nc3c(C(F)(F)F)c(C#N)c(O)n(C)c3=O)c2C1=O. The van der Waals surface area contributed by atoms with E-state index in [0.717, 1.165) is 11.9 Å². The zero-order valence-electron chi connectivity index (χ0n) is 17.4. The molecule has 1 aromatic heterocycles. The summed E-state index contributed by atoms with van der Waals surface area (Å²) in [7, 11) is 0.958. The Labute approximate surface area is 192 Å². The molecule has 2 aromatic rings. The minimum atomic E-state index is -5.22. The highest BCUT2D eigenvalue weighted by Crippen LogP contribution is 2.42. The zero-order chi connectivity index (χ0) is 24.8. The van der Waals surface area contributed by atoms with E-state index in [9.17, 15) is 32.7 Å². The van der Waals surface area contributed by atoms with Crippen LogP contribution in [-0.2, 0) is 13.2 Å². The van der Waals surface area contributed by atoms with Gasteiger partial charge in [0.25, 0.3) is 17.4 Å². The van der Waals surface area contributed by atoms with Gasteiger partial charge in [-0.1, -0.05) is 13.8 Å². The van der Waals surface area contributed by atoms with Crippen molar-refractivity contribution in [2.45, 2.75) is 20.0 Å². The van der Waals surface area contributed by atoms with E-state index in [4.69, 9.17) is 5.26 Å². The van der Waals surface area contributed by atoms with Gasteiger partial charge in [0.05, 0.1) is 11.1 Å². The van der Waals surface area contributed by atoms with E-state index in [-0.39, 0.29) is 33.7 Å². The molecule has 33 heavy (non-hydrogen) atoms. The molecule has 0 fully saturated rings. The predicted molar refractivity (Wildman–Crippen MR) is 112 cm³/mol. The van der Waals surface area contributed by atoms with Crippen LogP contribution in [0.15, 0.2) is 31.6 Å². The molecule has 2 heterocycles. The molecule has 9 nitrogen and oxygen atoms in total. The minimum Gasteiger partial charge on any atom is -0.493 e. The molecule has 2 amide bonds. The van der Waals surface area contributed by atoms with Crippen LogP contribution >= 0.6 is 15.9 Å². The first kappa shape index (κ1) is 24.1. The summed E-state index contributed by atoms with van der Waals surface area (Å²) in [4.78, 5) is 39.0. The molecule has 0 saturated heterocycles. The molecular weight excluding hydrogens is 511 g/mol. The average Bonchev–Trinajstić information content (AvgIpc) is 2.95. The van der Waals surface area contributed by atoms with Gasteiger partial charge in [0.15, 0.2) is 5.69 Å². The lowest BCUT2D eigenvalue weighted by atomic mass is 10.1. The number of aromatic hydroxyl groups is 1. The first-order chi connectivity index (χ1) is 15.3. The number of nitriles is 1. The zero-order valence-corrected chi connectivity index (χ0v) is 18.9. The van der Waals surface area contributed by atoms with E-state index < -0.39 is 46.2 Å². The number of benzene rings is 1.